The van der Waals surface area contributed by atoms with Crippen molar-refractivity contribution in [1.82, 2.24) is 4.90 Å². The zero-order valence-corrected chi connectivity index (χ0v) is 17.1. The molecule has 0 saturated carbocycles. The van der Waals surface area contributed by atoms with E-state index in [1.54, 1.807) is 0 Å². The molecular formula is C18H33NO4S2. The average molecular weight is 392 g/mol. The van der Waals surface area contributed by atoms with Gasteiger partial charge in [-0.3, -0.25) is 9.59 Å². The van der Waals surface area contributed by atoms with Gasteiger partial charge >= 0.3 is 11.9 Å². The molecule has 0 aromatic carbocycles. The summed E-state index contributed by atoms with van der Waals surface area (Å²) in [5, 5.41) is 0. The number of nitrogens with zero attached hydrogens (tertiary/aromatic N) is 1. The summed E-state index contributed by atoms with van der Waals surface area (Å²) >= 11 is 8.08. The van der Waals surface area contributed by atoms with Gasteiger partial charge in [0.15, 0.2) is 0 Å². The smallest absolute Gasteiger partial charge is 0.305 e. The van der Waals surface area contributed by atoms with Crippen LogP contribution in [0.4, 0.5) is 0 Å². The van der Waals surface area contributed by atoms with Gasteiger partial charge in [-0.1, -0.05) is 0 Å². The SMILES string of the molecule is CN1CCCC1CCC(CCC(=O)OCCS)CCC(=O)OCCS. The molecule has 1 unspecified atom stereocenters. The maximum atomic E-state index is 11.7. The lowest BCUT2D eigenvalue weighted by molar-refractivity contribution is -0.143. The molecule has 1 rings (SSSR count). The third kappa shape index (κ3) is 10.4. The van der Waals surface area contributed by atoms with Gasteiger partial charge in [-0.2, -0.15) is 25.3 Å². The molecule has 1 saturated heterocycles. The number of thiol groups is 2. The molecule has 0 radical (unpaired) electrons. The minimum Gasteiger partial charge on any atom is -0.465 e. The van der Waals surface area contributed by atoms with E-state index < -0.39 is 0 Å². The number of hydrogen-bond donors (Lipinski definition) is 2. The Morgan fingerprint density at radius 2 is 1.60 bits per heavy atom. The standard InChI is InChI=1S/C18H33NO4S2/c1-19-10-2-3-16(19)7-4-15(5-8-17(20)22-11-13-24)6-9-18(21)23-12-14-25/h15-16,24-25H,2-14H2,1H3. The molecule has 0 aromatic heterocycles. The van der Waals surface area contributed by atoms with Crippen LogP contribution in [0.25, 0.3) is 0 Å². The van der Waals surface area contributed by atoms with E-state index in [1.807, 2.05) is 0 Å². The van der Waals surface area contributed by atoms with Crippen LogP contribution in [0, 0.1) is 5.92 Å². The molecule has 1 fully saturated rings. The number of esters is 2. The van der Waals surface area contributed by atoms with Crippen LogP contribution in [0.2, 0.25) is 0 Å². The molecule has 25 heavy (non-hydrogen) atoms. The molecule has 1 aliphatic heterocycles. The Morgan fingerprint density at radius 3 is 2.04 bits per heavy atom. The van der Waals surface area contributed by atoms with Crippen LogP contribution < -0.4 is 0 Å². The lowest BCUT2D eigenvalue weighted by Crippen LogP contribution is -2.25. The lowest BCUT2D eigenvalue weighted by Gasteiger charge is -2.23. The normalized spacial score (nSPS) is 17.8. The molecule has 0 amide bonds. The molecule has 1 aliphatic rings. The Balaban J connectivity index is 2.39. The number of hydrogen-bond acceptors (Lipinski definition) is 7. The minimum absolute atomic E-state index is 0.172. The van der Waals surface area contributed by atoms with Crippen molar-refractivity contribution < 1.29 is 19.1 Å². The van der Waals surface area contributed by atoms with Gasteiger partial charge in [-0.15, -0.1) is 0 Å². The molecule has 0 aromatic rings. The molecule has 5 nitrogen and oxygen atoms in total. The monoisotopic (exact) mass is 391 g/mol. The van der Waals surface area contributed by atoms with Crippen molar-refractivity contribution in [3.63, 3.8) is 0 Å². The molecule has 0 N–H and O–H groups in total. The van der Waals surface area contributed by atoms with E-state index in [9.17, 15) is 9.59 Å². The van der Waals surface area contributed by atoms with Crippen LogP contribution in [0.5, 0.6) is 0 Å². The number of carbonyl (C=O) groups is 2. The second kappa shape index (κ2) is 13.8. The summed E-state index contributed by atoms with van der Waals surface area (Å²) in [4.78, 5) is 25.9. The molecule has 0 spiro atoms. The predicted molar refractivity (Wildman–Crippen MR) is 106 cm³/mol. The number of ether oxygens (including phenoxy) is 2. The van der Waals surface area contributed by atoms with Crippen LogP contribution in [0.1, 0.15) is 51.4 Å². The Morgan fingerprint density at radius 1 is 1.04 bits per heavy atom. The van der Waals surface area contributed by atoms with Crippen molar-refractivity contribution in [2.45, 2.75) is 57.4 Å². The van der Waals surface area contributed by atoms with Gasteiger partial charge in [-0.05, 0) is 58.0 Å². The summed E-state index contributed by atoms with van der Waals surface area (Å²) in [5.74, 6) is 1.09. The maximum absolute atomic E-state index is 11.7. The number of likely N-dealkylation sites (tertiary alicyclic amines) is 1. The van der Waals surface area contributed by atoms with Crippen molar-refractivity contribution in [1.29, 1.82) is 0 Å². The fourth-order valence-corrected chi connectivity index (χ4v) is 3.49. The summed E-state index contributed by atoms with van der Waals surface area (Å²) in [6.45, 7) is 1.88. The van der Waals surface area contributed by atoms with Gasteiger partial charge < -0.3 is 14.4 Å². The Labute approximate surface area is 163 Å². The van der Waals surface area contributed by atoms with Crippen molar-refractivity contribution in [2.75, 3.05) is 38.3 Å². The first-order valence-corrected chi connectivity index (χ1v) is 10.6. The van der Waals surface area contributed by atoms with Crippen LogP contribution in [0.3, 0.4) is 0 Å². The van der Waals surface area contributed by atoms with E-state index in [4.69, 9.17) is 9.47 Å². The van der Waals surface area contributed by atoms with Crippen LogP contribution >= 0.6 is 25.3 Å². The minimum atomic E-state index is -0.172. The van der Waals surface area contributed by atoms with Crippen LogP contribution in [0.15, 0.2) is 0 Å². The summed E-state index contributed by atoms with van der Waals surface area (Å²) in [6.07, 6.45) is 7.01. The van der Waals surface area contributed by atoms with Crippen molar-refractivity contribution in [2.24, 2.45) is 5.92 Å². The predicted octanol–water partition coefficient (Wildman–Crippen LogP) is 2.98. The van der Waals surface area contributed by atoms with Gasteiger partial charge in [-0.25, -0.2) is 0 Å². The van der Waals surface area contributed by atoms with E-state index in [0.717, 1.165) is 25.7 Å². The van der Waals surface area contributed by atoms with Gasteiger partial charge in [0.05, 0.1) is 0 Å². The van der Waals surface area contributed by atoms with E-state index >= 15 is 0 Å². The van der Waals surface area contributed by atoms with Gasteiger partial charge in [0.2, 0.25) is 0 Å². The van der Waals surface area contributed by atoms with Gasteiger partial charge in [0, 0.05) is 30.4 Å². The molecule has 0 aliphatic carbocycles. The summed E-state index contributed by atoms with van der Waals surface area (Å²) < 4.78 is 10.2. The Bertz CT molecular complexity index is 371. The highest BCUT2D eigenvalue weighted by molar-refractivity contribution is 7.80. The van der Waals surface area contributed by atoms with Crippen molar-refractivity contribution >= 4 is 37.2 Å². The van der Waals surface area contributed by atoms with Crippen LogP contribution in [-0.2, 0) is 19.1 Å². The third-order valence-corrected chi connectivity index (χ3v) is 5.17. The third-order valence-electron chi connectivity index (χ3n) is 4.80. The van der Waals surface area contributed by atoms with E-state index in [2.05, 4.69) is 37.2 Å². The average Bonchev–Trinajstić information content (AvgIpc) is 3.02. The Hall–Kier alpha value is -0.400. The zero-order valence-electron chi connectivity index (χ0n) is 15.3. The molecule has 0 bridgehead atoms. The van der Waals surface area contributed by atoms with E-state index in [1.165, 1.54) is 19.4 Å². The zero-order chi connectivity index (χ0) is 18.5. The molecule has 7 heteroatoms. The van der Waals surface area contributed by atoms with Crippen LogP contribution in [-0.4, -0.2) is 61.2 Å². The first kappa shape index (κ1) is 22.6. The van der Waals surface area contributed by atoms with E-state index in [-0.39, 0.29) is 11.9 Å². The summed E-state index contributed by atoms with van der Waals surface area (Å²) in [5.41, 5.74) is 0. The highest BCUT2D eigenvalue weighted by Gasteiger charge is 2.23. The number of rotatable bonds is 13. The fraction of sp³-hybridized carbons (Fsp3) is 0.889. The summed E-state index contributed by atoms with van der Waals surface area (Å²) in [6, 6.07) is 0.634. The highest BCUT2D eigenvalue weighted by Crippen LogP contribution is 2.26. The van der Waals surface area contributed by atoms with Crippen molar-refractivity contribution in [3.05, 3.63) is 0 Å². The van der Waals surface area contributed by atoms with Crippen molar-refractivity contribution in [3.8, 4) is 0 Å². The second-order valence-corrected chi connectivity index (χ2v) is 7.58. The quantitative estimate of drug-likeness (QED) is 0.373. The lowest BCUT2D eigenvalue weighted by atomic mass is 9.90. The maximum Gasteiger partial charge on any atom is 0.305 e. The molecular weight excluding hydrogens is 358 g/mol. The van der Waals surface area contributed by atoms with Gasteiger partial charge in [0.25, 0.3) is 0 Å². The fourth-order valence-electron chi connectivity index (χ4n) is 3.31. The number of carbonyl (C=O) groups excluding carboxylic acids is 2. The first-order chi connectivity index (χ1) is 12.1. The second-order valence-electron chi connectivity index (χ2n) is 6.69. The Kier molecular flexibility index (Phi) is 12.5. The molecule has 146 valence electrons. The largest absolute Gasteiger partial charge is 0.465 e. The van der Waals surface area contributed by atoms with Gasteiger partial charge in [0.1, 0.15) is 13.2 Å². The molecule has 1 atom stereocenters. The highest BCUT2D eigenvalue weighted by atomic mass is 32.1. The topological polar surface area (TPSA) is 55.8 Å². The summed E-state index contributed by atoms with van der Waals surface area (Å²) in [7, 11) is 2.18. The molecule has 1 heterocycles. The first-order valence-electron chi connectivity index (χ1n) is 9.30. The van der Waals surface area contributed by atoms with E-state index in [0.29, 0.717) is 49.5 Å².